The van der Waals surface area contributed by atoms with Crippen molar-refractivity contribution in [2.24, 2.45) is 0 Å². The highest BCUT2D eigenvalue weighted by molar-refractivity contribution is 7.93. The number of carbonyl (C=O) groups is 1. The molecule has 2 N–H and O–H groups in total. The molecule has 5 rings (SSSR count). The van der Waals surface area contributed by atoms with E-state index < -0.39 is 72.7 Å². The van der Waals surface area contributed by atoms with Gasteiger partial charge < -0.3 is 15.1 Å². The summed E-state index contributed by atoms with van der Waals surface area (Å²) < 4.78 is 82.2. The summed E-state index contributed by atoms with van der Waals surface area (Å²) in [5.74, 6) is -7.58. The van der Waals surface area contributed by atoms with Gasteiger partial charge in [0, 0.05) is 32.2 Å². The van der Waals surface area contributed by atoms with Crippen LogP contribution in [0.1, 0.15) is 23.2 Å². The maximum absolute atomic E-state index is 14.8. The molecule has 1 unspecified atom stereocenters. The van der Waals surface area contributed by atoms with E-state index in [2.05, 4.69) is 29.6 Å². The number of benzene rings is 1. The van der Waals surface area contributed by atoms with Crippen LogP contribution in [-0.4, -0.2) is 90.8 Å². The number of hydrogen-bond donors (Lipinski definition) is 2. The van der Waals surface area contributed by atoms with Crippen molar-refractivity contribution in [1.82, 2.24) is 14.9 Å². The van der Waals surface area contributed by atoms with Gasteiger partial charge in [-0.3, -0.25) is 4.90 Å². The minimum atomic E-state index is -3.47. The summed E-state index contributed by atoms with van der Waals surface area (Å²) in [6, 6.07) is 5.25. The molecule has 3 heterocycles. The van der Waals surface area contributed by atoms with Crippen LogP contribution in [0.3, 0.4) is 0 Å². The third-order valence-corrected chi connectivity index (χ3v) is 11.7. The number of aliphatic hydroxyl groups is 1. The molecule has 1 aromatic carbocycles. The summed E-state index contributed by atoms with van der Waals surface area (Å²) in [5, 5.41) is 19.5. The summed E-state index contributed by atoms with van der Waals surface area (Å²) in [6.45, 7) is 4.72. The predicted molar refractivity (Wildman–Crippen MR) is 146 cm³/mol. The van der Waals surface area contributed by atoms with Gasteiger partial charge in [0.25, 0.3) is 11.8 Å². The van der Waals surface area contributed by atoms with Crippen LogP contribution in [0.15, 0.2) is 24.3 Å². The van der Waals surface area contributed by atoms with Gasteiger partial charge >= 0.3 is 6.09 Å². The van der Waals surface area contributed by atoms with Crippen LogP contribution in [0.5, 0.6) is 0 Å². The molecule has 2 saturated heterocycles. The molecule has 41 heavy (non-hydrogen) atoms. The van der Waals surface area contributed by atoms with Gasteiger partial charge in [-0.05, 0) is 18.0 Å². The second-order valence-corrected chi connectivity index (χ2v) is 20.1. The molecule has 2 aliphatic heterocycles. The number of halogens is 4. The van der Waals surface area contributed by atoms with E-state index in [4.69, 9.17) is 0 Å². The van der Waals surface area contributed by atoms with Gasteiger partial charge in [-0.2, -0.15) is 8.78 Å². The van der Waals surface area contributed by atoms with E-state index in [0.717, 1.165) is 4.90 Å². The smallest absolute Gasteiger partial charge is 0.408 e. The Hall–Kier alpha value is -2.78. The Balaban J connectivity index is 1.54. The first-order valence-corrected chi connectivity index (χ1v) is 18.8. The van der Waals surface area contributed by atoms with Crippen molar-refractivity contribution in [1.29, 1.82) is 0 Å². The molecular weight excluding hydrogens is 584 g/mol. The van der Waals surface area contributed by atoms with E-state index >= 15 is 0 Å². The lowest BCUT2D eigenvalue weighted by Gasteiger charge is -2.49. The van der Waals surface area contributed by atoms with Gasteiger partial charge in [-0.1, -0.05) is 43.9 Å². The largest absolute Gasteiger partial charge is 0.465 e. The van der Waals surface area contributed by atoms with E-state index in [1.807, 2.05) is 0 Å². The van der Waals surface area contributed by atoms with Gasteiger partial charge in [-0.25, -0.2) is 32.0 Å². The molecule has 0 bridgehead atoms. The number of sulfone groups is 1. The number of nitrogens with zero attached hydrogens (tertiary/aromatic N) is 4. The van der Waals surface area contributed by atoms with Crippen LogP contribution in [0.4, 0.5) is 28.3 Å². The number of fused-ring (bicyclic) bond motifs is 1. The van der Waals surface area contributed by atoms with E-state index in [0.29, 0.717) is 17.2 Å². The monoisotopic (exact) mass is 616 g/mol. The minimum Gasteiger partial charge on any atom is -0.465 e. The number of carboxylic acid groups (broad SMARTS) is 1. The fourth-order valence-electron chi connectivity index (χ4n) is 5.82. The topological polar surface area (TPSA) is 124 Å². The van der Waals surface area contributed by atoms with E-state index in [-0.39, 0.29) is 41.7 Å². The molecule has 0 spiro atoms. The minimum absolute atomic E-state index is 0.0368. The van der Waals surface area contributed by atoms with Crippen molar-refractivity contribution in [3.05, 3.63) is 41.1 Å². The summed E-state index contributed by atoms with van der Waals surface area (Å²) >= 11 is 0. The molecule has 15 heteroatoms. The SMILES string of the molecule is C[Si](C)(C)CCN(C(=O)O)C1(c2ccc(-c3nc(N4CC(F)(F)C4CO)nc4c3CCC4(F)F)cc2)CS(=O)(=O)C1. The van der Waals surface area contributed by atoms with Gasteiger partial charge in [-0.15, -0.1) is 0 Å². The van der Waals surface area contributed by atoms with Crippen molar-refractivity contribution < 1.29 is 41.0 Å². The van der Waals surface area contributed by atoms with E-state index in [1.54, 1.807) is 24.3 Å². The predicted octanol–water partition coefficient (Wildman–Crippen LogP) is 3.94. The van der Waals surface area contributed by atoms with Crippen molar-refractivity contribution in [3.8, 4) is 11.3 Å². The van der Waals surface area contributed by atoms with Crippen LogP contribution in [0.25, 0.3) is 11.3 Å². The van der Waals surface area contributed by atoms with Crippen molar-refractivity contribution >= 4 is 30.0 Å². The summed E-state index contributed by atoms with van der Waals surface area (Å²) in [4.78, 5) is 22.8. The molecule has 1 aliphatic carbocycles. The van der Waals surface area contributed by atoms with Crippen molar-refractivity contribution in [2.45, 2.75) is 62.0 Å². The Morgan fingerprint density at radius 2 is 1.76 bits per heavy atom. The number of amides is 1. The number of hydrogen-bond acceptors (Lipinski definition) is 7. The zero-order chi connectivity index (χ0) is 30.2. The lowest BCUT2D eigenvalue weighted by atomic mass is 9.89. The highest BCUT2D eigenvalue weighted by Crippen LogP contribution is 2.47. The maximum atomic E-state index is 14.8. The van der Waals surface area contributed by atoms with E-state index in [9.17, 15) is 41.0 Å². The average Bonchev–Trinajstić information content (AvgIpc) is 3.14. The normalized spacial score (nSPS) is 23.3. The first-order valence-electron chi connectivity index (χ1n) is 13.3. The van der Waals surface area contributed by atoms with Crippen LogP contribution >= 0.6 is 0 Å². The second kappa shape index (κ2) is 9.62. The number of aliphatic hydroxyl groups excluding tert-OH is 1. The Kier molecular flexibility index (Phi) is 6.97. The van der Waals surface area contributed by atoms with Gasteiger partial charge in [0.05, 0.1) is 35.9 Å². The van der Waals surface area contributed by atoms with Crippen molar-refractivity contribution in [2.75, 3.05) is 36.1 Å². The molecule has 0 radical (unpaired) electrons. The zero-order valence-electron chi connectivity index (χ0n) is 22.9. The van der Waals surface area contributed by atoms with Crippen LogP contribution in [0.2, 0.25) is 25.7 Å². The van der Waals surface area contributed by atoms with Gasteiger partial charge in [0.15, 0.2) is 9.84 Å². The first-order chi connectivity index (χ1) is 18.9. The Morgan fingerprint density at radius 3 is 2.27 bits per heavy atom. The van der Waals surface area contributed by atoms with Gasteiger partial charge in [0.2, 0.25) is 5.95 Å². The number of alkyl halides is 4. The third kappa shape index (κ3) is 5.20. The molecule has 0 saturated carbocycles. The molecule has 1 atom stereocenters. The summed E-state index contributed by atoms with van der Waals surface area (Å²) in [6.07, 6.45) is -1.78. The lowest BCUT2D eigenvalue weighted by Crippen LogP contribution is -2.67. The fourth-order valence-corrected chi connectivity index (χ4v) is 8.73. The molecule has 1 amide bonds. The zero-order valence-corrected chi connectivity index (χ0v) is 24.7. The molecule has 3 aliphatic rings. The molecular formula is C26H32F4N4O5SSi. The number of anilines is 1. The Morgan fingerprint density at radius 1 is 1.12 bits per heavy atom. The fraction of sp³-hybridized carbons (Fsp3) is 0.577. The maximum Gasteiger partial charge on any atom is 0.408 e. The Labute approximate surface area is 236 Å². The van der Waals surface area contributed by atoms with Crippen LogP contribution in [-0.2, 0) is 27.7 Å². The van der Waals surface area contributed by atoms with Gasteiger partial charge in [0.1, 0.15) is 11.7 Å². The molecule has 9 nitrogen and oxygen atoms in total. The van der Waals surface area contributed by atoms with Crippen molar-refractivity contribution in [3.63, 3.8) is 0 Å². The van der Waals surface area contributed by atoms with E-state index in [1.165, 1.54) is 4.90 Å². The number of rotatable bonds is 8. The number of aromatic nitrogens is 2. The molecule has 224 valence electrons. The average molecular weight is 617 g/mol. The lowest BCUT2D eigenvalue weighted by molar-refractivity contribution is -0.0861. The summed E-state index contributed by atoms with van der Waals surface area (Å²) in [5.41, 5.74) is -0.689. The van der Waals surface area contributed by atoms with Crippen LogP contribution in [0, 0.1) is 0 Å². The Bertz CT molecular complexity index is 1470. The highest BCUT2D eigenvalue weighted by atomic mass is 32.2. The summed E-state index contributed by atoms with van der Waals surface area (Å²) in [7, 11) is -5.14. The third-order valence-electron chi connectivity index (χ3n) is 8.15. The molecule has 1 aromatic heterocycles. The second-order valence-electron chi connectivity index (χ2n) is 12.4. The van der Waals surface area contributed by atoms with Crippen LogP contribution < -0.4 is 4.90 Å². The molecule has 2 fully saturated rings. The quantitative estimate of drug-likeness (QED) is 0.338. The molecule has 2 aromatic rings. The highest BCUT2D eigenvalue weighted by Gasteiger charge is 2.57. The first kappa shape index (κ1) is 29.7. The standard InChI is InChI=1S/C26H32F4N4O5SSi/c1-41(2,3)11-10-34(23(36)37)24(14-40(38,39)15-24)17-6-4-16(5-7-17)20-18-8-9-25(27,28)21(18)32-22(31-20)33-13-26(29,30)19(33)12-35/h4-7,19,35H,8-15H2,1-3H3,(H,36,37).